The predicted octanol–water partition coefficient (Wildman–Crippen LogP) is -0.502. The van der Waals surface area contributed by atoms with Gasteiger partial charge in [0, 0.05) is 12.1 Å². The summed E-state index contributed by atoms with van der Waals surface area (Å²) in [7, 11) is 0. The number of benzene rings is 1. The molecule has 1 aromatic carbocycles. The fourth-order valence-corrected chi connectivity index (χ4v) is 2.56. The summed E-state index contributed by atoms with van der Waals surface area (Å²) in [6.07, 6.45) is 0. The number of carbonyl (C=O) groups excluding carboxylic acids is 2. The van der Waals surface area contributed by atoms with Gasteiger partial charge in [-0.15, -0.1) is 0 Å². The van der Waals surface area contributed by atoms with E-state index in [1.54, 1.807) is 44.2 Å². The number of hydrogen-bond donors (Lipinski definition) is 2. The molecule has 0 saturated heterocycles. The Bertz CT molecular complexity index is 872. The maximum Gasteiger partial charge on any atom is 0.340 e. The van der Waals surface area contributed by atoms with E-state index in [0.717, 1.165) is 6.07 Å². The molecule has 0 aliphatic rings. The van der Waals surface area contributed by atoms with Gasteiger partial charge in [0.1, 0.15) is 12.1 Å². The van der Waals surface area contributed by atoms with Crippen LogP contribution in [-0.4, -0.2) is 22.9 Å². The maximum atomic E-state index is 11.5. The molecule has 0 saturated carbocycles. The average molecular weight is 387 g/mol. The highest BCUT2D eigenvalue weighted by molar-refractivity contribution is 5.77. The van der Waals surface area contributed by atoms with Gasteiger partial charge in [0.2, 0.25) is 5.82 Å². The second kappa shape index (κ2) is 8.80. The van der Waals surface area contributed by atoms with Crippen molar-refractivity contribution in [2.75, 3.05) is 10.6 Å². The van der Waals surface area contributed by atoms with Gasteiger partial charge in [0.15, 0.2) is 0 Å². The van der Waals surface area contributed by atoms with Crippen molar-refractivity contribution < 1.29 is 29.7 Å². The third kappa shape index (κ3) is 4.93. The summed E-state index contributed by atoms with van der Waals surface area (Å²) in [5, 5.41) is 39.3. The molecule has 0 radical (unpaired) electrons. The monoisotopic (exact) mass is 387 g/mol. The topological polar surface area (TPSA) is 162 Å². The number of hydrogen-bond acceptors (Lipinski definition) is 8. The third-order valence-electron chi connectivity index (χ3n) is 4.01. The molecule has 28 heavy (non-hydrogen) atoms. The molecule has 0 aliphatic heterocycles. The molecule has 1 aromatic heterocycles. The van der Waals surface area contributed by atoms with E-state index in [9.17, 15) is 29.9 Å². The van der Waals surface area contributed by atoms with Gasteiger partial charge in [-0.1, -0.05) is 44.2 Å². The summed E-state index contributed by atoms with van der Waals surface area (Å²) < 4.78 is 0. The number of carbonyl (C=O) groups is 2. The van der Waals surface area contributed by atoms with Crippen LogP contribution < -0.4 is 25.8 Å². The predicted molar refractivity (Wildman–Crippen MR) is 94.7 cm³/mol. The van der Waals surface area contributed by atoms with Crippen LogP contribution in [0.1, 0.15) is 25.5 Å². The molecule has 0 bridgehead atoms. The first-order valence-electron chi connectivity index (χ1n) is 8.41. The zero-order valence-electron chi connectivity index (χ0n) is 15.2. The maximum absolute atomic E-state index is 11.5. The summed E-state index contributed by atoms with van der Waals surface area (Å²) in [4.78, 5) is 36.0. The fourth-order valence-electron chi connectivity index (χ4n) is 2.56. The van der Waals surface area contributed by atoms with Crippen molar-refractivity contribution in [2.45, 2.75) is 25.9 Å². The Morgan fingerprint density at radius 1 is 1.00 bits per heavy atom. The number of aromatic nitrogens is 1. The van der Waals surface area contributed by atoms with E-state index < -0.39 is 40.6 Å². The zero-order valence-corrected chi connectivity index (χ0v) is 15.2. The van der Waals surface area contributed by atoms with Gasteiger partial charge in [0.05, 0.1) is 16.9 Å². The minimum absolute atomic E-state index is 0.118. The molecule has 2 atom stereocenters. The number of carboxylic acids is 2. The van der Waals surface area contributed by atoms with Gasteiger partial charge in [-0.2, -0.15) is 0 Å². The van der Waals surface area contributed by atoms with Crippen LogP contribution in [-0.2, 0) is 9.59 Å². The number of carboxylic acid groups (broad SMARTS) is 2. The van der Waals surface area contributed by atoms with Crippen molar-refractivity contribution in [3.05, 3.63) is 58.1 Å². The number of pyridine rings is 1. The minimum atomic E-state index is -1.42. The lowest BCUT2D eigenvalue weighted by Gasteiger charge is -2.21. The van der Waals surface area contributed by atoms with E-state index in [4.69, 9.17) is 0 Å². The van der Waals surface area contributed by atoms with Crippen LogP contribution >= 0.6 is 0 Å². The fraction of sp³-hybridized carbons (Fsp3) is 0.278. The summed E-state index contributed by atoms with van der Waals surface area (Å²) >= 11 is 0. The minimum Gasteiger partial charge on any atom is -0.546 e. The van der Waals surface area contributed by atoms with Gasteiger partial charge in [-0.3, -0.25) is 20.7 Å². The van der Waals surface area contributed by atoms with Crippen LogP contribution in [0.3, 0.4) is 0 Å². The van der Waals surface area contributed by atoms with Crippen molar-refractivity contribution in [3.63, 3.8) is 0 Å². The van der Waals surface area contributed by atoms with Crippen LogP contribution in [0.2, 0.25) is 0 Å². The first-order valence-corrected chi connectivity index (χ1v) is 8.41. The third-order valence-corrected chi connectivity index (χ3v) is 4.01. The molecular formula is C18H19N4O6-. The highest BCUT2D eigenvalue weighted by Gasteiger charge is 2.27. The molecule has 2 aromatic rings. The highest BCUT2D eigenvalue weighted by atomic mass is 16.6. The standard InChI is InChI=1S/C18H20N4O6/c1-10(2)14(17(23)24)21-16-12(22(27)28)8-9-13(20-16)19-15(18(25)26)11-6-4-3-5-7-11/h3-10,14-15H,1-2H3,(H,23,24)(H,25,26)(H2,19,20,21)/p-1/t14-,15+/m1/s1. The van der Waals surface area contributed by atoms with E-state index in [-0.39, 0.29) is 11.6 Å². The number of nitro groups is 1. The van der Waals surface area contributed by atoms with Gasteiger partial charge >= 0.3 is 5.69 Å². The number of nitrogens with one attached hydrogen (secondary N) is 3. The van der Waals surface area contributed by atoms with Crippen LogP contribution in [0, 0.1) is 16.0 Å². The molecule has 3 N–H and O–H groups in total. The number of aromatic amines is 1. The molecule has 0 aliphatic carbocycles. The Morgan fingerprint density at radius 3 is 2.14 bits per heavy atom. The number of rotatable bonds is 9. The molecular weight excluding hydrogens is 368 g/mol. The van der Waals surface area contributed by atoms with Crippen molar-refractivity contribution in [3.8, 4) is 0 Å². The first kappa shape index (κ1) is 20.6. The Labute approximate surface area is 160 Å². The Morgan fingerprint density at radius 2 is 1.64 bits per heavy atom. The molecule has 2 rings (SSSR count). The summed E-state index contributed by atoms with van der Waals surface area (Å²) in [5.41, 5.74) is 0.0146. The summed E-state index contributed by atoms with van der Waals surface area (Å²) in [6, 6.07) is 8.20. The van der Waals surface area contributed by atoms with E-state index in [2.05, 4.69) is 15.6 Å². The molecule has 0 amide bonds. The van der Waals surface area contributed by atoms with Crippen LogP contribution in [0.5, 0.6) is 0 Å². The normalized spacial score (nSPS) is 12.8. The lowest BCUT2D eigenvalue weighted by atomic mass is 10.0. The largest absolute Gasteiger partial charge is 0.546 e. The smallest absolute Gasteiger partial charge is 0.340 e. The first-order chi connectivity index (χ1) is 13.2. The van der Waals surface area contributed by atoms with E-state index in [0.29, 0.717) is 5.56 Å². The van der Waals surface area contributed by atoms with Gasteiger partial charge in [-0.05, 0) is 11.5 Å². The Hall–Kier alpha value is -3.69. The molecule has 10 heteroatoms. The van der Waals surface area contributed by atoms with Gasteiger partial charge in [0.25, 0.3) is 5.82 Å². The lowest BCUT2D eigenvalue weighted by Crippen LogP contribution is -2.45. The summed E-state index contributed by atoms with van der Waals surface area (Å²) in [6.45, 7) is 3.23. The van der Waals surface area contributed by atoms with E-state index in [1.165, 1.54) is 6.07 Å². The summed E-state index contributed by atoms with van der Waals surface area (Å²) in [5.74, 6) is -3.32. The van der Waals surface area contributed by atoms with Crippen LogP contribution in [0.25, 0.3) is 0 Å². The molecule has 0 fully saturated rings. The molecule has 1 heterocycles. The lowest BCUT2D eigenvalue weighted by molar-refractivity contribution is -0.405. The SMILES string of the molecule is CC(C)[C@@H](Nc1[nH+]c(N[C@H](C(=O)[O-])c2ccccc2)ccc1[N+](=O)[O-])C(=O)[O-]. The van der Waals surface area contributed by atoms with E-state index >= 15 is 0 Å². The van der Waals surface area contributed by atoms with Crippen LogP contribution in [0.4, 0.5) is 17.3 Å². The molecule has 0 spiro atoms. The second-order valence-electron chi connectivity index (χ2n) is 6.38. The number of anilines is 2. The van der Waals surface area contributed by atoms with Crippen molar-refractivity contribution >= 4 is 29.3 Å². The average Bonchev–Trinajstić information content (AvgIpc) is 2.64. The molecule has 0 unspecified atom stereocenters. The second-order valence-corrected chi connectivity index (χ2v) is 6.38. The number of nitrogens with zero attached hydrogens (tertiary/aromatic N) is 1. The molecule has 10 nitrogen and oxygen atoms in total. The van der Waals surface area contributed by atoms with Crippen molar-refractivity contribution in [1.82, 2.24) is 0 Å². The number of H-pyrrole nitrogens is 1. The Kier molecular flexibility index (Phi) is 6.48. The van der Waals surface area contributed by atoms with Gasteiger partial charge in [-0.25, -0.2) is 4.98 Å². The van der Waals surface area contributed by atoms with Crippen molar-refractivity contribution in [1.29, 1.82) is 0 Å². The zero-order chi connectivity index (χ0) is 20.8. The van der Waals surface area contributed by atoms with Crippen LogP contribution in [0.15, 0.2) is 42.5 Å². The Balaban J connectivity index is 2.39. The van der Waals surface area contributed by atoms with E-state index in [1.807, 2.05) is 0 Å². The number of aliphatic carboxylic acids is 2. The molecule has 148 valence electrons. The van der Waals surface area contributed by atoms with Gasteiger partial charge < -0.3 is 19.8 Å². The highest BCUT2D eigenvalue weighted by Crippen LogP contribution is 2.24. The van der Waals surface area contributed by atoms with Crippen molar-refractivity contribution in [2.24, 2.45) is 5.92 Å². The quantitative estimate of drug-likeness (QED) is 0.430.